The summed E-state index contributed by atoms with van der Waals surface area (Å²) in [6, 6.07) is 7.67. The zero-order valence-corrected chi connectivity index (χ0v) is 20.1. The monoisotopic (exact) mass is 477 g/mol. The van der Waals surface area contributed by atoms with Gasteiger partial charge >= 0.3 is 0 Å². The van der Waals surface area contributed by atoms with Crippen molar-refractivity contribution in [3.05, 3.63) is 35.2 Å². The first-order chi connectivity index (χ1) is 16.5. The molecule has 3 aromatic heterocycles. The average Bonchev–Trinajstić information content (AvgIpc) is 3.36. The second-order valence-corrected chi connectivity index (χ2v) is 10.2. The number of nitrogens with two attached hydrogens (primary N) is 1. The van der Waals surface area contributed by atoms with Gasteiger partial charge in [-0.3, -0.25) is 14.2 Å². The number of nitrogens with zero attached hydrogens (tertiary/aromatic N) is 4. The SMILES string of the molecule is COc1cc(C(=O)N2CCCC(N)C2)cc2nc(-c3cc4ccsc4n3C(=O)C3CC3)n(C)c12. The molecule has 8 nitrogen and oxygen atoms in total. The molecule has 1 aliphatic carbocycles. The molecule has 0 bridgehead atoms. The lowest BCUT2D eigenvalue weighted by molar-refractivity contribution is 0.0708. The Labute approximate surface area is 200 Å². The number of rotatable bonds is 4. The van der Waals surface area contributed by atoms with Gasteiger partial charge in [0.2, 0.25) is 5.91 Å². The summed E-state index contributed by atoms with van der Waals surface area (Å²) in [5.74, 6) is 1.41. The van der Waals surface area contributed by atoms with Gasteiger partial charge in [-0.05, 0) is 55.3 Å². The van der Waals surface area contributed by atoms with Gasteiger partial charge in [0, 0.05) is 43.0 Å². The van der Waals surface area contributed by atoms with E-state index in [0.717, 1.165) is 47.1 Å². The number of carbonyl (C=O) groups excluding carboxylic acids is 2. The molecule has 1 aromatic carbocycles. The first kappa shape index (κ1) is 21.4. The molecule has 1 amide bonds. The number of hydrogen-bond donors (Lipinski definition) is 1. The highest BCUT2D eigenvalue weighted by atomic mass is 32.1. The highest BCUT2D eigenvalue weighted by molar-refractivity contribution is 7.17. The topological polar surface area (TPSA) is 95.4 Å². The lowest BCUT2D eigenvalue weighted by Crippen LogP contribution is -2.45. The molecule has 1 saturated carbocycles. The van der Waals surface area contributed by atoms with Crippen molar-refractivity contribution in [3.63, 3.8) is 0 Å². The molecule has 9 heteroatoms. The first-order valence-corrected chi connectivity index (χ1v) is 12.6. The fourth-order valence-corrected chi connectivity index (χ4v) is 5.92. The normalized spacial score (nSPS) is 18.7. The van der Waals surface area contributed by atoms with Crippen LogP contribution >= 0.6 is 11.3 Å². The van der Waals surface area contributed by atoms with E-state index in [1.165, 1.54) is 0 Å². The molecule has 0 radical (unpaired) electrons. The Morgan fingerprint density at radius 1 is 1.21 bits per heavy atom. The van der Waals surface area contributed by atoms with E-state index in [1.54, 1.807) is 24.5 Å². The summed E-state index contributed by atoms with van der Waals surface area (Å²) < 4.78 is 9.48. The standard InChI is InChI=1S/C25H27N5O3S/c1-28-21-18(10-16(12-20(21)33-2)23(31)29-8-3-4-17(26)13-29)27-22(28)19-11-15-7-9-34-25(15)30(19)24(32)14-5-6-14/h7,9-12,14,17H,3-6,8,13,26H2,1-2H3. The van der Waals surface area contributed by atoms with E-state index in [0.29, 0.717) is 35.7 Å². The number of fused-ring (bicyclic) bond motifs is 2. The quantitative estimate of drug-likeness (QED) is 0.481. The molecule has 4 aromatic rings. The van der Waals surface area contributed by atoms with E-state index in [-0.39, 0.29) is 23.8 Å². The number of piperidine rings is 1. The molecular formula is C25H27N5O3S. The van der Waals surface area contributed by atoms with Crippen molar-refractivity contribution in [2.24, 2.45) is 18.7 Å². The van der Waals surface area contributed by atoms with Crippen LogP contribution in [0.25, 0.3) is 32.8 Å². The third kappa shape index (κ3) is 3.33. The number of amides is 1. The number of methoxy groups -OCH3 is 1. The summed E-state index contributed by atoms with van der Waals surface area (Å²) in [6.45, 7) is 1.26. The van der Waals surface area contributed by atoms with Crippen LogP contribution in [0.3, 0.4) is 0 Å². The lowest BCUT2D eigenvalue weighted by atomic mass is 10.0. The summed E-state index contributed by atoms with van der Waals surface area (Å²) in [5, 5.41) is 3.04. The number of aryl methyl sites for hydroxylation is 1. The number of imidazole rings is 1. The Balaban J connectivity index is 1.48. The summed E-state index contributed by atoms with van der Waals surface area (Å²) >= 11 is 1.57. The number of aromatic nitrogens is 3. The van der Waals surface area contributed by atoms with Crippen LogP contribution in [0.2, 0.25) is 0 Å². The molecule has 0 spiro atoms. The van der Waals surface area contributed by atoms with Gasteiger partial charge in [0.15, 0.2) is 5.82 Å². The molecular weight excluding hydrogens is 450 g/mol. The number of likely N-dealkylation sites (tertiary alicyclic amines) is 1. The van der Waals surface area contributed by atoms with Crippen LogP contribution in [0.4, 0.5) is 0 Å². The summed E-state index contributed by atoms with van der Waals surface area (Å²) in [4.78, 5) is 34.1. The van der Waals surface area contributed by atoms with Crippen molar-refractivity contribution in [1.82, 2.24) is 19.0 Å². The molecule has 1 unspecified atom stereocenters. The zero-order chi connectivity index (χ0) is 23.6. The van der Waals surface area contributed by atoms with E-state index in [2.05, 4.69) is 0 Å². The Morgan fingerprint density at radius 3 is 2.76 bits per heavy atom. The van der Waals surface area contributed by atoms with Crippen molar-refractivity contribution >= 4 is 44.4 Å². The highest BCUT2D eigenvalue weighted by Gasteiger charge is 2.34. The predicted molar refractivity (Wildman–Crippen MR) is 133 cm³/mol. The van der Waals surface area contributed by atoms with Gasteiger partial charge in [-0.2, -0.15) is 0 Å². The van der Waals surface area contributed by atoms with E-state index in [9.17, 15) is 9.59 Å². The summed E-state index contributed by atoms with van der Waals surface area (Å²) in [6.07, 6.45) is 3.71. The Bertz CT molecular complexity index is 1440. The molecule has 1 aliphatic heterocycles. The van der Waals surface area contributed by atoms with Crippen LogP contribution in [0.5, 0.6) is 5.75 Å². The van der Waals surface area contributed by atoms with E-state index in [4.69, 9.17) is 15.5 Å². The second kappa shape index (κ2) is 7.95. The highest BCUT2D eigenvalue weighted by Crippen LogP contribution is 2.39. The summed E-state index contributed by atoms with van der Waals surface area (Å²) in [7, 11) is 3.52. The van der Waals surface area contributed by atoms with Crippen molar-refractivity contribution in [2.75, 3.05) is 20.2 Å². The van der Waals surface area contributed by atoms with Crippen molar-refractivity contribution in [2.45, 2.75) is 31.7 Å². The lowest BCUT2D eigenvalue weighted by Gasteiger charge is -2.30. The fraction of sp³-hybridized carbons (Fsp3) is 0.400. The van der Waals surface area contributed by atoms with E-state index in [1.807, 2.05) is 44.7 Å². The maximum absolute atomic E-state index is 13.3. The van der Waals surface area contributed by atoms with Crippen molar-refractivity contribution in [3.8, 4) is 17.3 Å². The molecule has 1 saturated heterocycles. The number of hydrogen-bond acceptors (Lipinski definition) is 6. The Hall–Kier alpha value is -3.17. The van der Waals surface area contributed by atoms with Gasteiger partial charge in [-0.15, -0.1) is 11.3 Å². The van der Waals surface area contributed by atoms with Gasteiger partial charge in [0.25, 0.3) is 5.91 Å². The maximum Gasteiger partial charge on any atom is 0.254 e. The van der Waals surface area contributed by atoms with E-state index < -0.39 is 0 Å². The first-order valence-electron chi connectivity index (χ1n) is 11.7. The number of thiophene rings is 1. The molecule has 4 heterocycles. The number of benzene rings is 1. The Morgan fingerprint density at radius 2 is 2.03 bits per heavy atom. The maximum atomic E-state index is 13.3. The Kier molecular flexibility index (Phi) is 5.00. The van der Waals surface area contributed by atoms with Gasteiger partial charge in [0.05, 0.1) is 18.3 Å². The third-order valence-electron chi connectivity index (χ3n) is 6.93. The average molecular weight is 478 g/mol. The van der Waals surface area contributed by atoms with Crippen molar-refractivity contribution < 1.29 is 14.3 Å². The molecule has 2 N–H and O–H groups in total. The molecule has 34 heavy (non-hydrogen) atoms. The van der Waals surface area contributed by atoms with Crippen LogP contribution in [0.15, 0.2) is 29.6 Å². The minimum absolute atomic E-state index is 0.00967. The van der Waals surface area contributed by atoms with Gasteiger partial charge in [0.1, 0.15) is 16.1 Å². The molecule has 2 aliphatic rings. The minimum Gasteiger partial charge on any atom is -0.494 e. The van der Waals surface area contributed by atoms with Gasteiger partial charge in [-0.25, -0.2) is 4.98 Å². The smallest absolute Gasteiger partial charge is 0.254 e. The fourth-order valence-electron chi connectivity index (χ4n) is 5.02. The van der Waals surface area contributed by atoms with E-state index >= 15 is 0 Å². The van der Waals surface area contributed by atoms with Crippen LogP contribution < -0.4 is 10.5 Å². The largest absolute Gasteiger partial charge is 0.494 e. The van der Waals surface area contributed by atoms with Gasteiger partial charge < -0.3 is 19.9 Å². The summed E-state index contributed by atoms with van der Waals surface area (Å²) in [5.41, 5.74) is 8.86. The number of ether oxygens (including phenoxy) is 1. The van der Waals surface area contributed by atoms with Crippen molar-refractivity contribution in [1.29, 1.82) is 0 Å². The van der Waals surface area contributed by atoms with Crippen LogP contribution in [-0.2, 0) is 7.05 Å². The molecule has 6 rings (SSSR count). The van der Waals surface area contributed by atoms with Crippen LogP contribution in [-0.4, -0.2) is 57.1 Å². The predicted octanol–water partition coefficient (Wildman–Crippen LogP) is 3.88. The third-order valence-corrected chi connectivity index (χ3v) is 7.85. The van der Waals surface area contributed by atoms with Crippen LogP contribution in [0, 0.1) is 5.92 Å². The second-order valence-electron chi connectivity index (χ2n) is 9.35. The molecule has 176 valence electrons. The van der Waals surface area contributed by atoms with Crippen LogP contribution in [0.1, 0.15) is 40.8 Å². The molecule has 2 fully saturated rings. The van der Waals surface area contributed by atoms with Gasteiger partial charge in [-0.1, -0.05) is 0 Å². The number of carbonyl (C=O) groups is 2. The molecule has 1 atom stereocenters. The zero-order valence-electron chi connectivity index (χ0n) is 19.3. The minimum atomic E-state index is -0.0599.